The summed E-state index contributed by atoms with van der Waals surface area (Å²) in [6.45, 7) is 1.02. The van der Waals surface area contributed by atoms with Gasteiger partial charge >= 0.3 is 0 Å². The first kappa shape index (κ1) is 17.8. The number of carbonyl (C=O) groups is 2. The van der Waals surface area contributed by atoms with Crippen LogP contribution < -0.4 is 16.0 Å². The summed E-state index contributed by atoms with van der Waals surface area (Å²) in [6.07, 6.45) is 2.59. The zero-order valence-electron chi connectivity index (χ0n) is 11.5. The fraction of sp³-hybridized carbons (Fsp3) is 0.214. The van der Waals surface area contributed by atoms with Crippen LogP contribution >= 0.6 is 23.2 Å². The highest BCUT2D eigenvalue weighted by molar-refractivity contribution is 6.35. The topological polar surface area (TPSA) is 94.0 Å². The molecule has 1 rings (SSSR count). The van der Waals surface area contributed by atoms with Gasteiger partial charge < -0.3 is 16.0 Å². The number of nitrogens with one attached hydrogen (secondary N) is 3. The minimum absolute atomic E-state index is 0.0978. The number of halogens is 2. The molecular weight excluding hydrogens is 327 g/mol. The average molecular weight is 341 g/mol. The van der Waals surface area contributed by atoms with Crippen LogP contribution in [-0.2, 0) is 9.59 Å². The first-order chi connectivity index (χ1) is 10.6. The molecule has 1 aromatic carbocycles. The smallest absolute Gasteiger partial charge is 0.267 e. The highest BCUT2D eigenvalue weighted by Crippen LogP contribution is 2.25. The van der Waals surface area contributed by atoms with Crippen molar-refractivity contribution in [3.8, 4) is 6.07 Å². The lowest BCUT2D eigenvalue weighted by atomic mass is 10.2. The number of nitriles is 1. The van der Waals surface area contributed by atoms with E-state index in [0.717, 1.165) is 0 Å². The zero-order valence-corrected chi connectivity index (χ0v) is 13.0. The predicted molar refractivity (Wildman–Crippen MR) is 85.5 cm³/mol. The van der Waals surface area contributed by atoms with Gasteiger partial charge in [0.1, 0.15) is 11.6 Å². The van der Waals surface area contributed by atoms with E-state index in [4.69, 9.17) is 28.5 Å². The third-order valence-corrected chi connectivity index (χ3v) is 3.08. The molecule has 0 aliphatic carbocycles. The van der Waals surface area contributed by atoms with E-state index < -0.39 is 5.91 Å². The van der Waals surface area contributed by atoms with Crippen LogP contribution in [0.5, 0.6) is 0 Å². The molecule has 6 nitrogen and oxygen atoms in total. The van der Waals surface area contributed by atoms with Gasteiger partial charge in [0, 0.05) is 24.3 Å². The SMILES string of the molecule is N#C/C(=C/NCCCNC=O)C(=O)Nc1cc(Cl)ccc1Cl. The maximum atomic E-state index is 12.0. The summed E-state index contributed by atoms with van der Waals surface area (Å²) in [5.74, 6) is -0.592. The first-order valence-corrected chi connectivity index (χ1v) is 7.11. The molecule has 1 aromatic rings. The zero-order chi connectivity index (χ0) is 16.4. The molecular formula is C14H14Cl2N4O2. The highest BCUT2D eigenvalue weighted by Gasteiger charge is 2.11. The lowest BCUT2D eigenvalue weighted by Crippen LogP contribution is -2.20. The van der Waals surface area contributed by atoms with Gasteiger partial charge in [0.25, 0.3) is 5.91 Å². The minimum Gasteiger partial charge on any atom is -0.390 e. The van der Waals surface area contributed by atoms with Crippen LogP contribution in [0.25, 0.3) is 0 Å². The minimum atomic E-state index is -0.592. The van der Waals surface area contributed by atoms with Crippen molar-refractivity contribution in [2.45, 2.75) is 6.42 Å². The number of hydrogen-bond donors (Lipinski definition) is 3. The average Bonchev–Trinajstić information content (AvgIpc) is 2.50. The summed E-state index contributed by atoms with van der Waals surface area (Å²) >= 11 is 11.8. The Balaban J connectivity index is 2.59. The fourth-order valence-electron chi connectivity index (χ4n) is 1.46. The van der Waals surface area contributed by atoms with E-state index >= 15 is 0 Å². The lowest BCUT2D eigenvalue weighted by Gasteiger charge is -2.07. The number of benzene rings is 1. The van der Waals surface area contributed by atoms with Crippen molar-refractivity contribution in [1.82, 2.24) is 10.6 Å². The summed E-state index contributed by atoms with van der Waals surface area (Å²) in [6, 6.07) is 6.43. The lowest BCUT2D eigenvalue weighted by molar-refractivity contribution is -0.112. The first-order valence-electron chi connectivity index (χ1n) is 6.35. The number of nitrogens with zero attached hydrogens (tertiary/aromatic N) is 1. The highest BCUT2D eigenvalue weighted by atomic mass is 35.5. The van der Waals surface area contributed by atoms with Gasteiger partial charge in [-0.3, -0.25) is 9.59 Å². The molecule has 0 radical (unpaired) electrons. The normalized spacial score (nSPS) is 10.5. The third kappa shape index (κ3) is 6.04. The molecule has 2 amide bonds. The molecule has 0 unspecified atom stereocenters. The Labute approximate surface area is 138 Å². The van der Waals surface area contributed by atoms with Gasteiger partial charge in [-0.25, -0.2) is 0 Å². The predicted octanol–water partition coefficient (Wildman–Crippen LogP) is 2.07. The van der Waals surface area contributed by atoms with Crippen LogP contribution in [-0.4, -0.2) is 25.4 Å². The third-order valence-electron chi connectivity index (χ3n) is 2.51. The van der Waals surface area contributed by atoms with Gasteiger partial charge in [-0.2, -0.15) is 5.26 Å². The van der Waals surface area contributed by atoms with E-state index in [1.807, 2.05) is 0 Å². The van der Waals surface area contributed by atoms with Gasteiger partial charge in [-0.05, 0) is 24.6 Å². The molecule has 0 atom stereocenters. The van der Waals surface area contributed by atoms with Gasteiger partial charge in [-0.15, -0.1) is 0 Å². The van der Waals surface area contributed by atoms with Crippen LogP contribution in [0.4, 0.5) is 5.69 Å². The maximum Gasteiger partial charge on any atom is 0.267 e. The number of rotatable bonds is 8. The molecule has 0 saturated heterocycles. The second-order valence-corrected chi connectivity index (χ2v) is 4.97. The number of carbonyl (C=O) groups excluding carboxylic acids is 2. The van der Waals surface area contributed by atoms with Crippen molar-refractivity contribution in [2.24, 2.45) is 0 Å². The van der Waals surface area contributed by atoms with Crippen LogP contribution in [0.1, 0.15) is 6.42 Å². The van der Waals surface area contributed by atoms with Crippen molar-refractivity contribution in [3.63, 3.8) is 0 Å². The number of anilines is 1. The van der Waals surface area contributed by atoms with Crippen molar-refractivity contribution in [1.29, 1.82) is 5.26 Å². The van der Waals surface area contributed by atoms with E-state index in [1.54, 1.807) is 18.2 Å². The van der Waals surface area contributed by atoms with Gasteiger partial charge in [0.2, 0.25) is 6.41 Å². The Morgan fingerprint density at radius 1 is 1.27 bits per heavy atom. The van der Waals surface area contributed by atoms with E-state index in [2.05, 4.69) is 16.0 Å². The summed E-state index contributed by atoms with van der Waals surface area (Å²) in [5, 5.41) is 17.6. The largest absolute Gasteiger partial charge is 0.390 e. The van der Waals surface area contributed by atoms with Crippen LogP contribution in [0, 0.1) is 11.3 Å². The van der Waals surface area contributed by atoms with E-state index in [-0.39, 0.29) is 5.57 Å². The summed E-state index contributed by atoms with van der Waals surface area (Å²) < 4.78 is 0. The van der Waals surface area contributed by atoms with Crippen LogP contribution in [0.2, 0.25) is 10.0 Å². The summed E-state index contributed by atoms with van der Waals surface area (Å²) in [5.41, 5.74) is 0.231. The second-order valence-electron chi connectivity index (χ2n) is 4.13. The maximum absolute atomic E-state index is 12.0. The molecule has 0 bridgehead atoms. The molecule has 0 heterocycles. The molecule has 0 saturated carbocycles. The van der Waals surface area contributed by atoms with Crippen molar-refractivity contribution < 1.29 is 9.59 Å². The van der Waals surface area contributed by atoms with Gasteiger partial charge in [-0.1, -0.05) is 23.2 Å². The monoisotopic (exact) mass is 340 g/mol. The molecule has 0 fully saturated rings. The Hall–Kier alpha value is -2.23. The molecule has 3 N–H and O–H groups in total. The summed E-state index contributed by atoms with van der Waals surface area (Å²) in [4.78, 5) is 22.0. The van der Waals surface area contributed by atoms with Crippen LogP contribution in [0.3, 0.4) is 0 Å². The molecule has 0 aliphatic heterocycles. The number of amides is 2. The van der Waals surface area contributed by atoms with E-state index in [1.165, 1.54) is 12.3 Å². The molecule has 0 spiro atoms. The van der Waals surface area contributed by atoms with Crippen molar-refractivity contribution in [3.05, 3.63) is 40.0 Å². The standard InChI is InChI=1S/C14H14Cl2N4O2/c15-11-2-3-12(16)13(6-11)20-14(22)10(7-17)8-18-4-1-5-19-9-21/h2-3,6,8-9,18H,1,4-5H2,(H,19,21)(H,20,22)/b10-8-. The molecule has 0 aliphatic rings. The van der Waals surface area contributed by atoms with Crippen molar-refractivity contribution >= 4 is 41.2 Å². The van der Waals surface area contributed by atoms with E-state index in [9.17, 15) is 9.59 Å². The Kier molecular flexibility index (Phi) is 7.83. The molecule has 0 aromatic heterocycles. The molecule has 22 heavy (non-hydrogen) atoms. The molecule has 8 heteroatoms. The Morgan fingerprint density at radius 3 is 2.68 bits per heavy atom. The van der Waals surface area contributed by atoms with Crippen LogP contribution in [0.15, 0.2) is 30.0 Å². The number of hydrogen-bond acceptors (Lipinski definition) is 4. The quantitative estimate of drug-likeness (QED) is 0.292. The van der Waals surface area contributed by atoms with Crippen molar-refractivity contribution in [2.75, 3.05) is 18.4 Å². The van der Waals surface area contributed by atoms with Gasteiger partial charge in [0.15, 0.2) is 0 Å². The van der Waals surface area contributed by atoms with Gasteiger partial charge in [0.05, 0.1) is 10.7 Å². The fourth-order valence-corrected chi connectivity index (χ4v) is 1.79. The van der Waals surface area contributed by atoms with E-state index in [0.29, 0.717) is 41.7 Å². The summed E-state index contributed by atoms with van der Waals surface area (Å²) in [7, 11) is 0. The Morgan fingerprint density at radius 2 is 2.00 bits per heavy atom. The molecule has 116 valence electrons. The second kappa shape index (κ2) is 9.66. The Bertz CT molecular complexity index is 611.